The van der Waals surface area contributed by atoms with E-state index in [1.807, 2.05) is 45.4 Å². The number of hydrogen-bond donors (Lipinski definition) is 0. The van der Waals surface area contributed by atoms with Gasteiger partial charge >= 0.3 is 0 Å². The topological polar surface area (TPSA) is 43.9 Å². The summed E-state index contributed by atoms with van der Waals surface area (Å²) >= 11 is 1.82. The van der Waals surface area contributed by atoms with Gasteiger partial charge in [-0.15, -0.1) is 11.3 Å². The molecule has 3 aliphatic rings. The molecule has 36 heavy (non-hydrogen) atoms. The van der Waals surface area contributed by atoms with Crippen molar-refractivity contribution in [3.8, 4) is 0 Å². The van der Waals surface area contributed by atoms with Gasteiger partial charge in [-0.25, -0.2) is 0 Å². The number of fused-ring (bicyclic) bond motifs is 1. The number of nitrogens with zero attached hydrogens (tertiary/aromatic N) is 3. The van der Waals surface area contributed by atoms with Gasteiger partial charge < -0.3 is 9.80 Å². The third-order valence-corrected chi connectivity index (χ3v) is 9.11. The van der Waals surface area contributed by atoms with Crippen LogP contribution in [0.15, 0.2) is 72.1 Å². The predicted molar refractivity (Wildman–Crippen MR) is 143 cm³/mol. The summed E-state index contributed by atoms with van der Waals surface area (Å²) in [7, 11) is 0. The zero-order valence-corrected chi connectivity index (χ0v) is 21.6. The van der Waals surface area contributed by atoms with Crippen LogP contribution < -0.4 is 0 Å². The van der Waals surface area contributed by atoms with Crippen LogP contribution in [0.3, 0.4) is 0 Å². The summed E-state index contributed by atoms with van der Waals surface area (Å²) in [6.45, 7) is 5.23. The normalized spacial score (nSPS) is 25.9. The molecule has 2 amide bonds. The molecule has 2 aliphatic heterocycles. The number of carbonyl (C=O) groups is 2. The summed E-state index contributed by atoms with van der Waals surface area (Å²) in [5.74, 6) is 0.870. The molecular formula is C30H33N3O2S. The first-order valence-electron chi connectivity index (χ1n) is 13.1. The third kappa shape index (κ3) is 4.48. The Hall–Kier alpha value is -2.96. The van der Waals surface area contributed by atoms with E-state index in [1.54, 1.807) is 0 Å². The lowest BCUT2D eigenvalue weighted by Crippen LogP contribution is -2.57. The molecule has 4 atom stereocenters. The van der Waals surface area contributed by atoms with Crippen molar-refractivity contribution in [3.05, 3.63) is 93.7 Å². The fourth-order valence-electron chi connectivity index (χ4n) is 6.10. The molecule has 1 aromatic heterocycles. The molecule has 3 unspecified atom stereocenters. The minimum Gasteiger partial charge on any atom is -0.338 e. The van der Waals surface area contributed by atoms with Crippen molar-refractivity contribution in [1.29, 1.82) is 0 Å². The highest BCUT2D eigenvalue weighted by atomic mass is 32.1. The van der Waals surface area contributed by atoms with Gasteiger partial charge in [-0.1, -0.05) is 60.7 Å². The molecule has 2 fully saturated rings. The van der Waals surface area contributed by atoms with Gasteiger partial charge in [-0.05, 0) is 53.8 Å². The average Bonchev–Trinajstić information content (AvgIpc) is 3.58. The summed E-state index contributed by atoms with van der Waals surface area (Å²) in [5.41, 5.74) is 3.85. The molecule has 1 saturated carbocycles. The van der Waals surface area contributed by atoms with E-state index in [0.717, 1.165) is 19.4 Å². The number of hydrogen-bond acceptors (Lipinski definition) is 4. The van der Waals surface area contributed by atoms with Crippen molar-refractivity contribution in [3.63, 3.8) is 0 Å². The smallest absolute Gasteiger partial charge is 0.236 e. The Morgan fingerprint density at radius 1 is 0.917 bits per heavy atom. The third-order valence-electron chi connectivity index (χ3n) is 8.12. The number of benzene rings is 2. The molecule has 1 saturated heterocycles. The lowest BCUT2D eigenvalue weighted by atomic mass is 9.93. The first-order valence-corrected chi connectivity index (χ1v) is 14.0. The summed E-state index contributed by atoms with van der Waals surface area (Å²) in [6.07, 6.45) is 1.93. The first-order chi connectivity index (χ1) is 17.6. The number of thiophene rings is 1. The molecule has 3 aromatic rings. The van der Waals surface area contributed by atoms with E-state index >= 15 is 0 Å². The standard InChI is InChI=1S/C30H33N3O2S/c1-21-19-31(15-16-33(21)30(35)26-18-25(26)22-8-4-2-5-9-22)28(34)20-32-14-12-27-24(13-17-36-27)29(32)23-10-6-3-7-11-23/h2-11,13,17,21,25-26,29H,12,14-16,18-20H2,1H3/t21?,25-,26?,29?/m0/s1. The minimum atomic E-state index is 0.0435. The highest BCUT2D eigenvalue weighted by Crippen LogP contribution is 2.48. The van der Waals surface area contributed by atoms with Crippen LogP contribution >= 0.6 is 11.3 Å². The second-order valence-corrected chi connectivity index (χ2v) is 11.4. The van der Waals surface area contributed by atoms with Gasteiger partial charge in [0.25, 0.3) is 0 Å². The maximum Gasteiger partial charge on any atom is 0.236 e. The van der Waals surface area contributed by atoms with Crippen molar-refractivity contribution >= 4 is 23.2 Å². The van der Waals surface area contributed by atoms with Crippen LogP contribution in [-0.4, -0.2) is 65.3 Å². The molecule has 0 radical (unpaired) electrons. The Kier molecular flexibility index (Phi) is 6.40. The van der Waals surface area contributed by atoms with Gasteiger partial charge in [0.05, 0.1) is 12.6 Å². The number of piperazine rings is 1. The van der Waals surface area contributed by atoms with Crippen molar-refractivity contribution in [1.82, 2.24) is 14.7 Å². The van der Waals surface area contributed by atoms with E-state index in [9.17, 15) is 9.59 Å². The molecule has 3 heterocycles. The number of carbonyl (C=O) groups excluding carboxylic acids is 2. The van der Waals surface area contributed by atoms with Crippen LogP contribution in [-0.2, 0) is 16.0 Å². The van der Waals surface area contributed by atoms with Gasteiger partial charge in [-0.3, -0.25) is 14.5 Å². The van der Waals surface area contributed by atoms with Gasteiger partial charge in [0.1, 0.15) is 0 Å². The van der Waals surface area contributed by atoms with Gasteiger partial charge in [-0.2, -0.15) is 0 Å². The second kappa shape index (κ2) is 9.83. The van der Waals surface area contributed by atoms with Crippen molar-refractivity contribution < 1.29 is 9.59 Å². The lowest BCUT2D eigenvalue weighted by Gasteiger charge is -2.42. The Balaban J connectivity index is 1.09. The highest BCUT2D eigenvalue weighted by molar-refractivity contribution is 7.10. The largest absolute Gasteiger partial charge is 0.338 e. The molecule has 0 spiro atoms. The van der Waals surface area contributed by atoms with E-state index in [4.69, 9.17) is 0 Å². The average molecular weight is 500 g/mol. The highest BCUT2D eigenvalue weighted by Gasteiger charge is 2.47. The van der Waals surface area contributed by atoms with E-state index in [1.165, 1.54) is 21.6 Å². The van der Waals surface area contributed by atoms with Gasteiger partial charge in [0.2, 0.25) is 11.8 Å². The number of amides is 2. The maximum atomic E-state index is 13.5. The fraction of sp³-hybridized carbons (Fsp3) is 0.400. The van der Waals surface area contributed by atoms with Crippen LogP contribution in [0.5, 0.6) is 0 Å². The van der Waals surface area contributed by atoms with E-state index in [2.05, 4.69) is 59.7 Å². The monoisotopic (exact) mass is 499 g/mol. The quantitative estimate of drug-likeness (QED) is 0.517. The summed E-state index contributed by atoms with van der Waals surface area (Å²) in [5, 5.41) is 2.17. The molecule has 6 heteroatoms. The van der Waals surface area contributed by atoms with E-state index in [-0.39, 0.29) is 29.8 Å². The zero-order valence-electron chi connectivity index (χ0n) is 20.8. The van der Waals surface area contributed by atoms with Crippen LogP contribution in [0, 0.1) is 5.92 Å². The second-order valence-electron chi connectivity index (χ2n) is 10.4. The molecule has 0 bridgehead atoms. The summed E-state index contributed by atoms with van der Waals surface area (Å²) in [6, 6.07) is 23.3. The Morgan fingerprint density at radius 3 is 2.36 bits per heavy atom. The van der Waals surface area contributed by atoms with Crippen molar-refractivity contribution in [2.75, 3.05) is 32.7 Å². The van der Waals surface area contributed by atoms with Gasteiger partial charge in [0, 0.05) is 43.0 Å². The Labute approximate surface area is 217 Å². The lowest BCUT2D eigenvalue weighted by molar-refractivity contribution is -0.144. The van der Waals surface area contributed by atoms with Crippen LogP contribution in [0.25, 0.3) is 0 Å². The summed E-state index contributed by atoms with van der Waals surface area (Å²) < 4.78 is 0. The molecule has 2 aromatic carbocycles. The van der Waals surface area contributed by atoms with Gasteiger partial charge in [0.15, 0.2) is 0 Å². The Bertz CT molecular complexity index is 1230. The molecule has 0 N–H and O–H groups in total. The number of rotatable bonds is 5. The summed E-state index contributed by atoms with van der Waals surface area (Å²) in [4.78, 5) is 34.5. The zero-order chi connectivity index (χ0) is 24.6. The minimum absolute atomic E-state index is 0.0435. The first kappa shape index (κ1) is 23.4. The predicted octanol–water partition coefficient (Wildman–Crippen LogP) is 4.56. The molecule has 6 rings (SSSR count). The maximum absolute atomic E-state index is 13.5. The van der Waals surface area contributed by atoms with Crippen molar-refractivity contribution in [2.45, 2.75) is 37.8 Å². The van der Waals surface area contributed by atoms with E-state index in [0.29, 0.717) is 32.1 Å². The molecular weight excluding hydrogens is 466 g/mol. The Morgan fingerprint density at radius 2 is 1.64 bits per heavy atom. The van der Waals surface area contributed by atoms with E-state index < -0.39 is 0 Å². The molecule has 1 aliphatic carbocycles. The van der Waals surface area contributed by atoms with Crippen LogP contribution in [0.1, 0.15) is 46.9 Å². The van der Waals surface area contributed by atoms with Crippen LogP contribution in [0.4, 0.5) is 0 Å². The molecule has 5 nitrogen and oxygen atoms in total. The fourth-order valence-corrected chi connectivity index (χ4v) is 7.00. The molecule has 186 valence electrons. The SMILES string of the molecule is CC1CN(C(=O)CN2CCc3sccc3C2c2ccccc2)CCN1C(=O)C1C[C@H]1c1ccccc1. The van der Waals surface area contributed by atoms with Crippen molar-refractivity contribution in [2.24, 2.45) is 5.92 Å². The van der Waals surface area contributed by atoms with Crippen LogP contribution in [0.2, 0.25) is 0 Å².